The van der Waals surface area contributed by atoms with Gasteiger partial charge in [-0.3, -0.25) is 4.90 Å². The Labute approximate surface area is 135 Å². The molecule has 4 nitrogen and oxygen atoms in total. The van der Waals surface area contributed by atoms with Crippen molar-refractivity contribution < 1.29 is 5.11 Å². The zero-order chi connectivity index (χ0) is 15.5. The van der Waals surface area contributed by atoms with Crippen molar-refractivity contribution in [2.75, 3.05) is 6.54 Å². The van der Waals surface area contributed by atoms with E-state index in [4.69, 9.17) is 0 Å². The maximum Gasteiger partial charge on any atom is 0.134 e. The number of hydrogen-bond donors (Lipinski definition) is 1. The summed E-state index contributed by atoms with van der Waals surface area (Å²) >= 11 is 1.67. The molecular formula is C17H23N3OS. The molecule has 22 heavy (non-hydrogen) atoms. The monoisotopic (exact) mass is 317 g/mol. The largest absolute Gasteiger partial charge is 0.388 e. The van der Waals surface area contributed by atoms with Gasteiger partial charge in [-0.1, -0.05) is 30.3 Å². The maximum atomic E-state index is 10.5. The highest BCUT2D eigenvalue weighted by Gasteiger charge is 2.32. The van der Waals surface area contributed by atoms with Crippen LogP contribution in [0, 0.1) is 6.92 Å². The Bertz CT molecular complexity index is 601. The Hall–Kier alpha value is -1.30. The molecule has 0 radical (unpaired) electrons. The summed E-state index contributed by atoms with van der Waals surface area (Å²) < 4.78 is 0. The van der Waals surface area contributed by atoms with Crippen LogP contribution in [0.2, 0.25) is 0 Å². The summed E-state index contributed by atoms with van der Waals surface area (Å²) in [6.07, 6.45) is 2.72. The predicted molar refractivity (Wildman–Crippen MR) is 88.8 cm³/mol. The van der Waals surface area contributed by atoms with Gasteiger partial charge in [0.05, 0.1) is 12.1 Å². The average molecular weight is 317 g/mol. The van der Waals surface area contributed by atoms with Gasteiger partial charge in [0.1, 0.15) is 10.0 Å². The summed E-state index contributed by atoms with van der Waals surface area (Å²) in [5.74, 6) is 0. The normalized spacial score (nSPS) is 21.9. The molecule has 3 atom stereocenters. The van der Waals surface area contributed by atoms with Crippen LogP contribution in [0.15, 0.2) is 30.3 Å². The highest BCUT2D eigenvalue weighted by atomic mass is 32.1. The zero-order valence-electron chi connectivity index (χ0n) is 13.1. The first-order chi connectivity index (χ1) is 10.6. The number of benzene rings is 1. The van der Waals surface area contributed by atoms with Crippen LogP contribution in [0.25, 0.3) is 0 Å². The fourth-order valence-corrected chi connectivity index (χ4v) is 4.08. The Kier molecular flexibility index (Phi) is 4.86. The van der Waals surface area contributed by atoms with E-state index in [1.165, 1.54) is 6.42 Å². The Morgan fingerprint density at radius 2 is 2.09 bits per heavy atom. The van der Waals surface area contributed by atoms with Gasteiger partial charge >= 0.3 is 0 Å². The lowest BCUT2D eigenvalue weighted by Gasteiger charge is -2.30. The Balaban J connectivity index is 1.68. The summed E-state index contributed by atoms with van der Waals surface area (Å²) in [5.41, 5.74) is 1.01. The zero-order valence-corrected chi connectivity index (χ0v) is 14.0. The van der Waals surface area contributed by atoms with E-state index in [1.807, 2.05) is 37.3 Å². The first kappa shape index (κ1) is 15.6. The molecule has 2 heterocycles. The molecule has 1 aliphatic heterocycles. The lowest BCUT2D eigenvalue weighted by atomic mass is 10.00. The molecule has 0 bridgehead atoms. The van der Waals surface area contributed by atoms with Crippen LogP contribution in [-0.2, 0) is 0 Å². The molecule has 5 heteroatoms. The van der Waals surface area contributed by atoms with E-state index in [1.54, 1.807) is 11.3 Å². The molecule has 0 aliphatic carbocycles. The van der Waals surface area contributed by atoms with Crippen LogP contribution in [0.5, 0.6) is 0 Å². The standard InChI is InChI=1S/C17H23N3OS/c1-12(17-19-18-13(2)22-17)20-10-6-9-15(20)11-16(21)14-7-4-3-5-8-14/h3-5,7-8,12,15-16,21H,6,9-11H2,1-2H3. The van der Waals surface area contributed by atoms with Gasteiger partial charge in [0.2, 0.25) is 0 Å². The first-order valence-corrected chi connectivity index (χ1v) is 8.75. The molecule has 1 N–H and O–H groups in total. The van der Waals surface area contributed by atoms with Crippen LogP contribution >= 0.6 is 11.3 Å². The van der Waals surface area contributed by atoms with E-state index in [9.17, 15) is 5.11 Å². The van der Waals surface area contributed by atoms with Crippen LogP contribution in [-0.4, -0.2) is 32.8 Å². The minimum atomic E-state index is -0.393. The summed E-state index contributed by atoms with van der Waals surface area (Å²) in [4.78, 5) is 2.48. The summed E-state index contributed by atoms with van der Waals surface area (Å²) in [5, 5.41) is 21.0. The fraction of sp³-hybridized carbons (Fsp3) is 0.529. The number of nitrogens with zero attached hydrogens (tertiary/aromatic N) is 3. The molecule has 0 amide bonds. The van der Waals surface area contributed by atoms with E-state index >= 15 is 0 Å². The third kappa shape index (κ3) is 3.37. The quantitative estimate of drug-likeness (QED) is 0.917. The van der Waals surface area contributed by atoms with E-state index < -0.39 is 6.10 Å². The number of aliphatic hydroxyl groups excluding tert-OH is 1. The van der Waals surface area contributed by atoms with Crippen LogP contribution in [0.4, 0.5) is 0 Å². The smallest absolute Gasteiger partial charge is 0.134 e. The minimum absolute atomic E-state index is 0.279. The van der Waals surface area contributed by atoms with Crippen molar-refractivity contribution in [2.45, 2.75) is 51.3 Å². The van der Waals surface area contributed by atoms with Crippen LogP contribution in [0.1, 0.15) is 53.9 Å². The minimum Gasteiger partial charge on any atom is -0.388 e. The van der Waals surface area contributed by atoms with Gasteiger partial charge < -0.3 is 5.11 Å². The second kappa shape index (κ2) is 6.86. The molecule has 1 saturated heterocycles. The van der Waals surface area contributed by atoms with Gasteiger partial charge in [-0.05, 0) is 45.2 Å². The van der Waals surface area contributed by atoms with Crippen molar-refractivity contribution in [3.05, 3.63) is 45.9 Å². The number of hydrogen-bond acceptors (Lipinski definition) is 5. The highest BCUT2D eigenvalue weighted by molar-refractivity contribution is 7.11. The van der Waals surface area contributed by atoms with Gasteiger partial charge in [0.15, 0.2) is 0 Å². The molecule has 1 aromatic carbocycles. The third-order valence-corrected chi connectivity index (χ3v) is 5.51. The van der Waals surface area contributed by atoms with Gasteiger partial charge in [-0.15, -0.1) is 21.5 Å². The molecule has 1 aromatic heterocycles. The van der Waals surface area contributed by atoms with E-state index in [-0.39, 0.29) is 6.04 Å². The topological polar surface area (TPSA) is 49.2 Å². The van der Waals surface area contributed by atoms with Crippen molar-refractivity contribution in [3.8, 4) is 0 Å². The summed E-state index contributed by atoms with van der Waals surface area (Å²) in [7, 11) is 0. The summed E-state index contributed by atoms with van der Waals surface area (Å²) in [6.45, 7) is 5.27. The average Bonchev–Trinajstić information content (AvgIpc) is 3.16. The molecule has 3 rings (SSSR count). The van der Waals surface area contributed by atoms with Gasteiger partial charge in [-0.25, -0.2) is 0 Å². The maximum absolute atomic E-state index is 10.5. The van der Waals surface area contributed by atoms with Crippen molar-refractivity contribution in [1.82, 2.24) is 15.1 Å². The second-order valence-electron chi connectivity index (χ2n) is 6.03. The molecule has 0 saturated carbocycles. The molecule has 0 spiro atoms. The van der Waals surface area contributed by atoms with Gasteiger partial charge in [0.25, 0.3) is 0 Å². The molecule has 1 fully saturated rings. The molecule has 3 unspecified atom stereocenters. The lowest BCUT2D eigenvalue weighted by molar-refractivity contribution is 0.103. The van der Waals surface area contributed by atoms with E-state index in [2.05, 4.69) is 22.0 Å². The summed E-state index contributed by atoms with van der Waals surface area (Å²) in [6, 6.07) is 10.6. The first-order valence-electron chi connectivity index (χ1n) is 7.94. The Morgan fingerprint density at radius 1 is 1.32 bits per heavy atom. The SMILES string of the molecule is Cc1nnc(C(C)N2CCCC2CC(O)c2ccccc2)s1. The van der Waals surface area contributed by atoms with Crippen molar-refractivity contribution in [3.63, 3.8) is 0 Å². The van der Waals surface area contributed by atoms with E-state index in [0.717, 1.165) is 35.0 Å². The number of aryl methyl sites for hydroxylation is 1. The lowest BCUT2D eigenvalue weighted by Crippen LogP contribution is -2.33. The van der Waals surface area contributed by atoms with Gasteiger partial charge in [0, 0.05) is 6.04 Å². The highest BCUT2D eigenvalue weighted by Crippen LogP contribution is 2.34. The molecule has 2 aromatic rings. The third-order valence-electron chi connectivity index (χ3n) is 4.50. The Morgan fingerprint density at radius 3 is 2.77 bits per heavy atom. The van der Waals surface area contributed by atoms with Crippen LogP contribution in [0.3, 0.4) is 0 Å². The van der Waals surface area contributed by atoms with Crippen LogP contribution < -0.4 is 0 Å². The molecule has 1 aliphatic rings. The molecule has 118 valence electrons. The second-order valence-corrected chi connectivity index (χ2v) is 7.24. The predicted octanol–water partition coefficient (Wildman–Crippen LogP) is 3.50. The van der Waals surface area contributed by atoms with E-state index in [0.29, 0.717) is 6.04 Å². The number of aliphatic hydroxyl groups is 1. The number of rotatable bonds is 5. The fourth-order valence-electron chi connectivity index (χ4n) is 3.31. The van der Waals surface area contributed by atoms with Crippen molar-refractivity contribution >= 4 is 11.3 Å². The van der Waals surface area contributed by atoms with Gasteiger partial charge in [-0.2, -0.15) is 0 Å². The van der Waals surface area contributed by atoms with Crippen molar-refractivity contribution in [1.29, 1.82) is 0 Å². The number of aromatic nitrogens is 2. The molecular weight excluding hydrogens is 294 g/mol. The number of likely N-dealkylation sites (tertiary alicyclic amines) is 1. The van der Waals surface area contributed by atoms with Crippen molar-refractivity contribution in [2.24, 2.45) is 0 Å².